The Labute approximate surface area is 123 Å². The van der Waals surface area contributed by atoms with Crippen LogP contribution >= 0.6 is 0 Å². The van der Waals surface area contributed by atoms with Gasteiger partial charge in [0.05, 0.1) is 29.1 Å². The van der Waals surface area contributed by atoms with Crippen molar-refractivity contribution >= 4 is 15.5 Å². The Balaban J connectivity index is 1.77. The summed E-state index contributed by atoms with van der Waals surface area (Å²) < 4.78 is 30.1. The molecular weight excluding hydrogens is 288 g/mol. The molecule has 0 saturated heterocycles. The van der Waals surface area contributed by atoms with Crippen LogP contribution in [0.1, 0.15) is 11.1 Å². The molecule has 2 aromatic rings. The molecule has 0 spiro atoms. The highest BCUT2D eigenvalue weighted by molar-refractivity contribution is 7.91. The van der Waals surface area contributed by atoms with E-state index in [1.165, 1.54) is 18.5 Å². The fourth-order valence-electron chi connectivity index (χ4n) is 2.43. The maximum absolute atomic E-state index is 12.3. The standard InChI is InChI=1S/C15H16N2O3S/c16-13-10-17-6-3-15(13)21(18,19)8-5-11-1-2-14-12(9-11)4-7-20-14/h1-3,6,9-10H,4-5,7-8,16H2. The lowest BCUT2D eigenvalue weighted by Crippen LogP contribution is -2.11. The van der Waals surface area contributed by atoms with Gasteiger partial charge in [0.1, 0.15) is 5.75 Å². The van der Waals surface area contributed by atoms with E-state index in [0.717, 1.165) is 23.3 Å². The highest BCUT2D eigenvalue weighted by Crippen LogP contribution is 2.26. The van der Waals surface area contributed by atoms with Gasteiger partial charge in [-0.25, -0.2) is 8.42 Å². The molecule has 0 aliphatic carbocycles. The zero-order chi connectivity index (χ0) is 14.9. The number of sulfone groups is 1. The van der Waals surface area contributed by atoms with E-state index >= 15 is 0 Å². The van der Waals surface area contributed by atoms with E-state index in [0.29, 0.717) is 13.0 Å². The summed E-state index contributed by atoms with van der Waals surface area (Å²) >= 11 is 0. The summed E-state index contributed by atoms with van der Waals surface area (Å²) in [4.78, 5) is 3.97. The number of fused-ring (bicyclic) bond motifs is 1. The van der Waals surface area contributed by atoms with Gasteiger partial charge >= 0.3 is 0 Å². The van der Waals surface area contributed by atoms with Gasteiger partial charge in [0.25, 0.3) is 0 Å². The summed E-state index contributed by atoms with van der Waals surface area (Å²) in [5, 5.41) is 0. The van der Waals surface area contributed by atoms with E-state index in [4.69, 9.17) is 10.5 Å². The van der Waals surface area contributed by atoms with Crippen LogP contribution in [0, 0.1) is 0 Å². The summed E-state index contributed by atoms with van der Waals surface area (Å²) in [5.74, 6) is 0.931. The number of nitrogens with zero attached hydrogens (tertiary/aromatic N) is 1. The summed E-state index contributed by atoms with van der Waals surface area (Å²) in [6, 6.07) is 7.29. The molecule has 0 bridgehead atoms. The maximum atomic E-state index is 12.3. The molecule has 6 heteroatoms. The van der Waals surface area contributed by atoms with Gasteiger partial charge in [-0.15, -0.1) is 0 Å². The average molecular weight is 304 g/mol. The fraction of sp³-hybridized carbons (Fsp3) is 0.267. The highest BCUT2D eigenvalue weighted by atomic mass is 32.2. The van der Waals surface area contributed by atoms with Gasteiger partial charge in [0, 0.05) is 12.6 Å². The van der Waals surface area contributed by atoms with Crippen LogP contribution in [-0.2, 0) is 22.7 Å². The normalized spacial score (nSPS) is 13.7. The first kappa shape index (κ1) is 13.9. The lowest BCUT2D eigenvalue weighted by atomic mass is 10.1. The number of rotatable bonds is 4. The minimum Gasteiger partial charge on any atom is -0.493 e. The van der Waals surface area contributed by atoms with Crippen molar-refractivity contribution in [1.29, 1.82) is 0 Å². The molecule has 21 heavy (non-hydrogen) atoms. The van der Waals surface area contributed by atoms with Crippen molar-refractivity contribution in [1.82, 2.24) is 4.98 Å². The van der Waals surface area contributed by atoms with E-state index in [9.17, 15) is 8.42 Å². The van der Waals surface area contributed by atoms with E-state index in [1.54, 1.807) is 0 Å². The first-order valence-electron chi connectivity index (χ1n) is 6.73. The third kappa shape index (κ3) is 2.85. The Morgan fingerprint density at radius 1 is 1.29 bits per heavy atom. The van der Waals surface area contributed by atoms with Gasteiger partial charge in [0.15, 0.2) is 9.84 Å². The Kier molecular flexibility index (Phi) is 3.55. The van der Waals surface area contributed by atoms with Gasteiger partial charge in [-0.1, -0.05) is 12.1 Å². The number of nitrogen functional groups attached to an aromatic ring is 1. The van der Waals surface area contributed by atoms with E-state index in [2.05, 4.69) is 4.98 Å². The minimum absolute atomic E-state index is 0.0286. The number of nitrogens with two attached hydrogens (primary N) is 1. The number of anilines is 1. The van der Waals surface area contributed by atoms with Gasteiger partial charge in [-0.05, 0) is 29.7 Å². The summed E-state index contributed by atoms with van der Waals surface area (Å²) in [5.41, 5.74) is 8.03. The van der Waals surface area contributed by atoms with Crippen LogP contribution in [0.2, 0.25) is 0 Å². The summed E-state index contributed by atoms with van der Waals surface area (Å²) in [6.07, 6.45) is 4.14. The number of hydrogen-bond acceptors (Lipinski definition) is 5. The number of benzene rings is 1. The molecule has 0 atom stereocenters. The van der Waals surface area contributed by atoms with Crippen molar-refractivity contribution in [2.45, 2.75) is 17.7 Å². The molecule has 0 amide bonds. The van der Waals surface area contributed by atoms with E-state index in [-0.39, 0.29) is 16.3 Å². The summed E-state index contributed by atoms with van der Waals surface area (Å²) in [6.45, 7) is 0.699. The summed E-state index contributed by atoms with van der Waals surface area (Å²) in [7, 11) is -3.40. The Morgan fingerprint density at radius 2 is 2.14 bits per heavy atom. The largest absolute Gasteiger partial charge is 0.493 e. The molecule has 1 aromatic carbocycles. The monoisotopic (exact) mass is 304 g/mol. The van der Waals surface area contributed by atoms with Crippen LogP contribution in [0.3, 0.4) is 0 Å². The Morgan fingerprint density at radius 3 is 2.95 bits per heavy atom. The molecular formula is C15H16N2O3S. The number of ether oxygens (including phenoxy) is 1. The lowest BCUT2D eigenvalue weighted by molar-refractivity contribution is 0.357. The molecule has 2 N–H and O–H groups in total. The molecule has 0 radical (unpaired) electrons. The first-order valence-corrected chi connectivity index (χ1v) is 8.38. The molecule has 0 saturated carbocycles. The van der Waals surface area contributed by atoms with Crippen LogP contribution in [0.15, 0.2) is 41.6 Å². The zero-order valence-corrected chi connectivity index (χ0v) is 12.3. The number of pyridine rings is 1. The van der Waals surface area contributed by atoms with Crippen molar-refractivity contribution < 1.29 is 13.2 Å². The van der Waals surface area contributed by atoms with E-state index < -0.39 is 9.84 Å². The number of aryl methyl sites for hydroxylation is 1. The minimum atomic E-state index is -3.40. The van der Waals surface area contributed by atoms with E-state index in [1.807, 2.05) is 18.2 Å². The topological polar surface area (TPSA) is 82.3 Å². The predicted molar refractivity (Wildman–Crippen MR) is 80.0 cm³/mol. The Hall–Kier alpha value is -2.08. The molecule has 3 rings (SSSR count). The third-order valence-corrected chi connectivity index (χ3v) is 5.34. The molecule has 1 aromatic heterocycles. The molecule has 0 unspecified atom stereocenters. The van der Waals surface area contributed by atoms with Gasteiger partial charge in [-0.3, -0.25) is 4.98 Å². The van der Waals surface area contributed by atoms with Crippen molar-refractivity contribution in [2.24, 2.45) is 0 Å². The molecule has 110 valence electrons. The quantitative estimate of drug-likeness (QED) is 0.928. The van der Waals surface area contributed by atoms with Crippen LogP contribution in [0.25, 0.3) is 0 Å². The van der Waals surface area contributed by atoms with Gasteiger partial charge < -0.3 is 10.5 Å². The predicted octanol–water partition coefficient (Wildman–Crippen LogP) is 1.62. The molecule has 1 aliphatic heterocycles. The van der Waals surface area contributed by atoms with Crippen LogP contribution in [-0.4, -0.2) is 25.8 Å². The smallest absolute Gasteiger partial charge is 0.180 e. The molecule has 2 heterocycles. The average Bonchev–Trinajstić information content (AvgIpc) is 2.93. The van der Waals surface area contributed by atoms with Gasteiger partial charge in [-0.2, -0.15) is 0 Å². The lowest BCUT2D eigenvalue weighted by Gasteiger charge is -2.08. The second-order valence-electron chi connectivity index (χ2n) is 5.02. The third-order valence-electron chi connectivity index (χ3n) is 3.56. The van der Waals surface area contributed by atoms with Crippen molar-refractivity contribution in [3.05, 3.63) is 47.8 Å². The molecule has 1 aliphatic rings. The zero-order valence-electron chi connectivity index (χ0n) is 11.5. The maximum Gasteiger partial charge on any atom is 0.180 e. The van der Waals surface area contributed by atoms with Crippen LogP contribution < -0.4 is 10.5 Å². The first-order chi connectivity index (χ1) is 10.1. The number of hydrogen-bond donors (Lipinski definition) is 1. The van der Waals surface area contributed by atoms with Gasteiger partial charge in [0.2, 0.25) is 0 Å². The number of aromatic nitrogens is 1. The van der Waals surface area contributed by atoms with Crippen molar-refractivity contribution in [3.63, 3.8) is 0 Å². The second kappa shape index (κ2) is 5.37. The van der Waals surface area contributed by atoms with Crippen LogP contribution in [0.4, 0.5) is 5.69 Å². The Bertz CT molecular complexity index is 772. The van der Waals surface area contributed by atoms with Crippen LogP contribution in [0.5, 0.6) is 5.75 Å². The molecule has 0 fully saturated rings. The highest BCUT2D eigenvalue weighted by Gasteiger charge is 2.18. The fourth-order valence-corrected chi connectivity index (χ4v) is 3.84. The SMILES string of the molecule is Nc1cnccc1S(=O)(=O)CCc1ccc2c(c1)CCO2. The van der Waals surface area contributed by atoms with Crippen molar-refractivity contribution in [2.75, 3.05) is 18.1 Å². The van der Waals surface area contributed by atoms with Crippen molar-refractivity contribution in [3.8, 4) is 5.75 Å². The molecule has 5 nitrogen and oxygen atoms in total. The second-order valence-corrected chi connectivity index (χ2v) is 7.10.